The Morgan fingerprint density at radius 2 is 1.94 bits per heavy atom. The fourth-order valence-electron chi connectivity index (χ4n) is 1.65. The van der Waals surface area contributed by atoms with Gasteiger partial charge in [0.2, 0.25) is 0 Å². The third kappa shape index (κ3) is 3.14. The van der Waals surface area contributed by atoms with Crippen molar-refractivity contribution in [3.8, 4) is 0 Å². The quantitative estimate of drug-likeness (QED) is 0.805. The van der Waals surface area contributed by atoms with Crippen LogP contribution >= 0.6 is 11.6 Å². The molecule has 0 fully saturated rings. The molecule has 1 radical (unpaired) electrons. The van der Waals surface area contributed by atoms with E-state index < -0.39 is 0 Å². The molecular weight excluding hydrogens is 232 g/mol. The third-order valence-corrected chi connectivity index (χ3v) is 2.83. The van der Waals surface area contributed by atoms with Gasteiger partial charge in [0.1, 0.15) is 0 Å². The largest absolute Gasteiger partial charge is 0.398 e. The molecule has 0 saturated heterocycles. The van der Waals surface area contributed by atoms with Crippen LogP contribution in [0.2, 0.25) is 5.02 Å². The van der Waals surface area contributed by atoms with Crippen LogP contribution in [0.15, 0.2) is 42.5 Å². The zero-order valence-corrected chi connectivity index (χ0v) is 10.3. The summed E-state index contributed by atoms with van der Waals surface area (Å²) in [5.41, 5.74) is 8.54. The van der Waals surface area contributed by atoms with Gasteiger partial charge in [0.05, 0.1) is 0 Å². The first-order valence-corrected chi connectivity index (χ1v) is 5.82. The number of hydrogen-bond donors (Lipinski definition) is 2. The van der Waals surface area contributed by atoms with Crippen molar-refractivity contribution in [3.63, 3.8) is 0 Å². The monoisotopic (exact) mass is 245 g/mol. The summed E-state index contributed by atoms with van der Waals surface area (Å²) >= 11 is 5.84. The van der Waals surface area contributed by atoms with E-state index in [0.717, 1.165) is 16.3 Å². The van der Waals surface area contributed by atoms with Gasteiger partial charge >= 0.3 is 0 Å². The van der Waals surface area contributed by atoms with E-state index in [9.17, 15) is 0 Å². The van der Waals surface area contributed by atoms with Crippen molar-refractivity contribution < 1.29 is 0 Å². The van der Waals surface area contributed by atoms with Gasteiger partial charge in [-0.3, -0.25) is 0 Å². The molecule has 0 saturated carbocycles. The lowest BCUT2D eigenvalue weighted by atomic mass is 10.1. The number of nitrogens with two attached hydrogens (primary N) is 1. The first-order valence-electron chi connectivity index (χ1n) is 5.44. The third-order valence-electron chi connectivity index (χ3n) is 2.58. The van der Waals surface area contributed by atoms with E-state index >= 15 is 0 Å². The van der Waals surface area contributed by atoms with Gasteiger partial charge < -0.3 is 11.1 Å². The molecular formula is C14H14ClN2. The maximum Gasteiger partial charge on any atom is 0.0486 e. The summed E-state index contributed by atoms with van der Waals surface area (Å²) in [7, 11) is 0. The van der Waals surface area contributed by atoms with Crippen LogP contribution in [0.4, 0.5) is 11.4 Å². The van der Waals surface area contributed by atoms with Gasteiger partial charge in [0.25, 0.3) is 0 Å². The van der Waals surface area contributed by atoms with Crippen molar-refractivity contribution in [1.82, 2.24) is 0 Å². The van der Waals surface area contributed by atoms with Crippen LogP contribution < -0.4 is 11.1 Å². The number of anilines is 2. The molecule has 0 heterocycles. The number of nitrogens with one attached hydrogen (secondary N) is 1. The molecule has 2 rings (SSSR count). The molecule has 1 atom stereocenters. The topological polar surface area (TPSA) is 38.0 Å². The predicted octanol–water partition coefficient (Wildman–Crippen LogP) is 3.90. The van der Waals surface area contributed by atoms with Gasteiger partial charge in [-0.2, -0.15) is 0 Å². The van der Waals surface area contributed by atoms with Gasteiger partial charge in [-0.1, -0.05) is 23.7 Å². The van der Waals surface area contributed by atoms with Crippen LogP contribution in [0.1, 0.15) is 18.5 Å². The van der Waals surface area contributed by atoms with Crippen LogP contribution in [0, 0.1) is 6.07 Å². The van der Waals surface area contributed by atoms with Crippen molar-refractivity contribution in [3.05, 3.63) is 59.1 Å². The summed E-state index contributed by atoms with van der Waals surface area (Å²) in [6.45, 7) is 2.09. The van der Waals surface area contributed by atoms with Gasteiger partial charge in [-0.05, 0) is 42.8 Å². The van der Waals surface area contributed by atoms with Crippen LogP contribution in [-0.2, 0) is 0 Å². The summed E-state index contributed by atoms with van der Waals surface area (Å²) in [6, 6.07) is 16.5. The van der Waals surface area contributed by atoms with E-state index in [4.69, 9.17) is 17.3 Å². The molecule has 2 aromatic carbocycles. The van der Waals surface area contributed by atoms with Gasteiger partial charge in [-0.25, -0.2) is 0 Å². The molecule has 0 aromatic heterocycles. The molecule has 2 aromatic rings. The SMILES string of the molecule is CC(Nc1ccc(Cl)cc1)c1cc[c]c(N)c1. The molecule has 17 heavy (non-hydrogen) atoms. The first kappa shape index (κ1) is 11.8. The zero-order chi connectivity index (χ0) is 12.3. The molecule has 3 N–H and O–H groups in total. The average Bonchev–Trinajstić information content (AvgIpc) is 2.32. The summed E-state index contributed by atoms with van der Waals surface area (Å²) in [5, 5.41) is 4.12. The lowest BCUT2D eigenvalue weighted by Gasteiger charge is -2.16. The second kappa shape index (κ2) is 5.11. The normalized spacial score (nSPS) is 12.1. The van der Waals surface area contributed by atoms with Gasteiger partial charge in [0.15, 0.2) is 0 Å². The predicted molar refractivity (Wildman–Crippen MR) is 73.2 cm³/mol. The minimum absolute atomic E-state index is 0.188. The van der Waals surface area contributed by atoms with E-state index in [1.807, 2.05) is 42.5 Å². The summed E-state index contributed by atoms with van der Waals surface area (Å²) in [4.78, 5) is 0. The standard InChI is InChI=1S/C14H14ClN2/c1-10(11-3-2-4-13(16)9-11)17-14-7-5-12(15)6-8-14/h2-3,5-10,17H,16H2,1H3. The Balaban J connectivity index is 2.11. The van der Waals surface area contributed by atoms with Crippen LogP contribution in [-0.4, -0.2) is 0 Å². The fraction of sp³-hybridized carbons (Fsp3) is 0.143. The molecule has 3 heteroatoms. The highest BCUT2D eigenvalue weighted by Crippen LogP contribution is 2.21. The lowest BCUT2D eigenvalue weighted by molar-refractivity contribution is 0.885. The smallest absolute Gasteiger partial charge is 0.0486 e. The average molecular weight is 246 g/mol. The molecule has 0 aliphatic heterocycles. The minimum atomic E-state index is 0.188. The number of halogens is 1. The summed E-state index contributed by atoms with van der Waals surface area (Å²) in [5.74, 6) is 0. The second-order valence-electron chi connectivity index (χ2n) is 3.95. The van der Waals surface area contributed by atoms with Crippen molar-refractivity contribution in [1.29, 1.82) is 0 Å². The van der Waals surface area contributed by atoms with E-state index in [-0.39, 0.29) is 6.04 Å². The van der Waals surface area contributed by atoms with E-state index in [1.165, 1.54) is 0 Å². The molecule has 1 unspecified atom stereocenters. The van der Waals surface area contributed by atoms with E-state index in [1.54, 1.807) is 0 Å². The Hall–Kier alpha value is -1.67. The maximum absolute atomic E-state index is 5.84. The Morgan fingerprint density at radius 1 is 1.24 bits per heavy atom. The lowest BCUT2D eigenvalue weighted by Crippen LogP contribution is -2.06. The molecule has 0 spiro atoms. The zero-order valence-electron chi connectivity index (χ0n) is 9.57. The van der Waals surface area contributed by atoms with E-state index in [2.05, 4.69) is 18.3 Å². The number of rotatable bonds is 3. The molecule has 0 amide bonds. The molecule has 0 bridgehead atoms. The van der Waals surface area contributed by atoms with Crippen LogP contribution in [0.3, 0.4) is 0 Å². The number of nitrogen functional groups attached to an aromatic ring is 1. The molecule has 87 valence electrons. The van der Waals surface area contributed by atoms with Crippen LogP contribution in [0.25, 0.3) is 0 Å². The van der Waals surface area contributed by atoms with Crippen LogP contribution in [0.5, 0.6) is 0 Å². The van der Waals surface area contributed by atoms with Gasteiger partial charge in [-0.15, -0.1) is 0 Å². The van der Waals surface area contributed by atoms with Crippen molar-refractivity contribution in [2.45, 2.75) is 13.0 Å². The molecule has 2 nitrogen and oxygen atoms in total. The highest BCUT2D eigenvalue weighted by molar-refractivity contribution is 6.30. The summed E-state index contributed by atoms with van der Waals surface area (Å²) in [6.07, 6.45) is 0. The number of hydrogen-bond acceptors (Lipinski definition) is 2. The molecule has 0 aliphatic rings. The van der Waals surface area contributed by atoms with Crippen molar-refractivity contribution in [2.24, 2.45) is 0 Å². The number of benzene rings is 2. The fourth-order valence-corrected chi connectivity index (χ4v) is 1.78. The summed E-state index contributed by atoms with van der Waals surface area (Å²) < 4.78 is 0. The highest BCUT2D eigenvalue weighted by atomic mass is 35.5. The Kier molecular flexibility index (Phi) is 3.55. The maximum atomic E-state index is 5.84. The Bertz CT molecular complexity index is 494. The van der Waals surface area contributed by atoms with Crippen molar-refractivity contribution in [2.75, 3.05) is 11.1 Å². The Labute approximate surface area is 106 Å². The van der Waals surface area contributed by atoms with Gasteiger partial charge in [0, 0.05) is 28.5 Å². The second-order valence-corrected chi connectivity index (χ2v) is 4.39. The first-order chi connectivity index (χ1) is 8.15. The highest BCUT2D eigenvalue weighted by Gasteiger charge is 2.05. The van der Waals surface area contributed by atoms with Crippen molar-refractivity contribution >= 4 is 23.0 Å². The van der Waals surface area contributed by atoms with E-state index in [0.29, 0.717) is 5.69 Å². The Morgan fingerprint density at radius 3 is 2.59 bits per heavy atom. The minimum Gasteiger partial charge on any atom is -0.398 e. The molecule has 0 aliphatic carbocycles.